The van der Waals surface area contributed by atoms with Crippen LogP contribution in [0.4, 0.5) is 0 Å². The zero-order chi connectivity index (χ0) is 25.9. The van der Waals surface area contributed by atoms with Crippen LogP contribution >= 0.6 is 23.1 Å². The van der Waals surface area contributed by atoms with Gasteiger partial charge in [-0.2, -0.15) is 5.10 Å². The highest BCUT2D eigenvalue weighted by molar-refractivity contribution is 7.99. The highest BCUT2D eigenvalue weighted by Gasteiger charge is 2.23. The number of phenolic OH excluding ortho intramolecular Hbond substituents is 1. The first kappa shape index (κ1) is 25.0. The number of thiophene rings is 1. The smallest absolute Gasteiger partial charge is 0.267 e. The first-order valence-electron chi connectivity index (χ1n) is 11.9. The number of aromatic nitrogens is 2. The van der Waals surface area contributed by atoms with Crippen molar-refractivity contribution in [1.29, 1.82) is 0 Å². The van der Waals surface area contributed by atoms with Gasteiger partial charge in [0.15, 0.2) is 16.7 Å². The first-order valence-corrected chi connectivity index (χ1v) is 13.7. The van der Waals surface area contributed by atoms with Crippen molar-refractivity contribution in [3.8, 4) is 17.2 Å². The highest BCUT2D eigenvalue weighted by Crippen LogP contribution is 2.35. The number of aryl methyl sites for hydroxylation is 3. The number of benzene rings is 2. The summed E-state index contributed by atoms with van der Waals surface area (Å²) in [7, 11) is 1.46. The molecule has 1 amide bonds. The van der Waals surface area contributed by atoms with Gasteiger partial charge in [-0.15, -0.1) is 11.3 Å². The standard InChI is InChI=1S/C27H26N4O4S2/c1-16-10-12-18(13-11-16)31-26(34)23-19-7-3-4-9-21(19)37-25(23)29-27(31)36-15-22(32)30-28-14-17-6-5-8-20(35-2)24(17)33/h5-6,8,10-14,33H,3-4,7,9,15H2,1-2H3,(H,30,32)/b28-14+. The summed E-state index contributed by atoms with van der Waals surface area (Å²) in [6.07, 6.45) is 5.43. The lowest BCUT2D eigenvalue weighted by Gasteiger charge is -2.13. The Hall–Kier alpha value is -3.63. The lowest BCUT2D eigenvalue weighted by molar-refractivity contribution is -0.118. The van der Waals surface area contributed by atoms with E-state index in [2.05, 4.69) is 10.5 Å². The van der Waals surface area contributed by atoms with Gasteiger partial charge in [0.1, 0.15) is 4.83 Å². The molecule has 8 nitrogen and oxygen atoms in total. The number of hydrogen-bond donors (Lipinski definition) is 2. The molecule has 0 fully saturated rings. The molecule has 0 bridgehead atoms. The van der Waals surface area contributed by atoms with E-state index in [0.717, 1.165) is 47.3 Å². The number of hydrazone groups is 1. The number of para-hydroxylation sites is 1. The van der Waals surface area contributed by atoms with Gasteiger partial charge in [-0.1, -0.05) is 35.5 Å². The average molecular weight is 535 g/mol. The van der Waals surface area contributed by atoms with E-state index in [1.165, 1.54) is 30.0 Å². The zero-order valence-corrected chi connectivity index (χ0v) is 22.1. The number of carbonyl (C=O) groups excluding carboxylic acids is 1. The van der Waals surface area contributed by atoms with Gasteiger partial charge in [0.2, 0.25) is 0 Å². The van der Waals surface area contributed by atoms with Crippen LogP contribution in [-0.4, -0.2) is 39.6 Å². The van der Waals surface area contributed by atoms with Crippen molar-refractivity contribution in [2.45, 2.75) is 37.8 Å². The Kier molecular flexibility index (Phi) is 7.29. The fourth-order valence-electron chi connectivity index (χ4n) is 4.35. The number of thioether (sulfide) groups is 1. The van der Waals surface area contributed by atoms with Crippen molar-refractivity contribution < 1.29 is 14.6 Å². The monoisotopic (exact) mass is 534 g/mol. The van der Waals surface area contributed by atoms with Crippen LogP contribution in [0.15, 0.2) is 57.5 Å². The van der Waals surface area contributed by atoms with E-state index in [0.29, 0.717) is 21.9 Å². The van der Waals surface area contributed by atoms with Crippen molar-refractivity contribution in [2.24, 2.45) is 5.10 Å². The normalized spacial score (nSPS) is 13.1. The van der Waals surface area contributed by atoms with Gasteiger partial charge in [0.25, 0.3) is 11.5 Å². The lowest BCUT2D eigenvalue weighted by Crippen LogP contribution is -2.24. The molecule has 2 aromatic heterocycles. The van der Waals surface area contributed by atoms with Gasteiger partial charge in [0.05, 0.1) is 30.2 Å². The van der Waals surface area contributed by atoms with Gasteiger partial charge >= 0.3 is 0 Å². The maximum Gasteiger partial charge on any atom is 0.267 e. The number of fused-ring (bicyclic) bond motifs is 3. The number of ether oxygens (including phenoxy) is 1. The Morgan fingerprint density at radius 1 is 1.24 bits per heavy atom. The number of nitrogens with zero attached hydrogens (tertiary/aromatic N) is 3. The number of phenols is 1. The maximum atomic E-state index is 13.8. The molecule has 0 spiro atoms. The van der Waals surface area contributed by atoms with E-state index in [1.54, 1.807) is 34.1 Å². The minimum Gasteiger partial charge on any atom is -0.504 e. The molecule has 0 aliphatic heterocycles. The minimum absolute atomic E-state index is 0.0102. The second-order valence-corrected chi connectivity index (χ2v) is 10.8. The summed E-state index contributed by atoms with van der Waals surface area (Å²) in [6, 6.07) is 12.7. The molecular formula is C27H26N4O4S2. The number of nitrogens with one attached hydrogen (secondary N) is 1. The minimum atomic E-state index is -0.362. The van der Waals surface area contributed by atoms with Crippen LogP contribution in [0.3, 0.4) is 0 Å². The zero-order valence-electron chi connectivity index (χ0n) is 20.5. The lowest BCUT2D eigenvalue weighted by atomic mass is 9.97. The van der Waals surface area contributed by atoms with E-state index in [1.807, 2.05) is 31.2 Å². The van der Waals surface area contributed by atoms with Gasteiger partial charge in [-0.3, -0.25) is 14.2 Å². The van der Waals surface area contributed by atoms with Crippen molar-refractivity contribution in [3.05, 3.63) is 74.4 Å². The summed E-state index contributed by atoms with van der Waals surface area (Å²) in [5.41, 5.74) is 5.73. The summed E-state index contributed by atoms with van der Waals surface area (Å²) < 4.78 is 6.70. The third-order valence-corrected chi connectivity index (χ3v) is 8.35. The molecular weight excluding hydrogens is 508 g/mol. The van der Waals surface area contributed by atoms with E-state index < -0.39 is 0 Å². The fraction of sp³-hybridized carbons (Fsp3) is 0.259. The summed E-state index contributed by atoms with van der Waals surface area (Å²) in [6.45, 7) is 2.00. The van der Waals surface area contributed by atoms with Crippen molar-refractivity contribution in [3.63, 3.8) is 0 Å². The van der Waals surface area contributed by atoms with E-state index >= 15 is 0 Å². The molecule has 2 N–H and O–H groups in total. The van der Waals surface area contributed by atoms with Gasteiger partial charge < -0.3 is 9.84 Å². The predicted octanol–water partition coefficient (Wildman–Crippen LogP) is 4.59. The van der Waals surface area contributed by atoms with Crippen LogP contribution in [0.1, 0.15) is 34.4 Å². The molecule has 4 aromatic rings. The Balaban J connectivity index is 1.41. The molecule has 0 radical (unpaired) electrons. The van der Waals surface area contributed by atoms with Crippen LogP contribution in [0.5, 0.6) is 11.5 Å². The topological polar surface area (TPSA) is 106 Å². The maximum absolute atomic E-state index is 13.8. The summed E-state index contributed by atoms with van der Waals surface area (Å²) in [4.78, 5) is 33.2. The second-order valence-electron chi connectivity index (χ2n) is 8.74. The molecule has 0 saturated carbocycles. The van der Waals surface area contributed by atoms with Crippen LogP contribution in [-0.2, 0) is 17.6 Å². The third-order valence-electron chi connectivity index (χ3n) is 6.23. The Labute approximate surface area is 222 Å². The molecule has 0 unspecified atom stereocenters. The number of hydrogen-bond acceptors (Lipinski definition) is 8. The summed E-state index contributed by atoms with van der Waals surface area (Å²) >= 11 is 2.78. The number of rotatable bonds is 7. The van der Waals surface area contributed by atoms with Crippen molar-refractivity contribution >= 4 is 45.4 Å². The molecule has 10 heteroatoms. The quantitative estimate of drug-likeness (QED) is 0.156. The number of aromatic hydroxyl groups is 1. The molecule has 0 atom stereocenters. The van der Waals surface area contributed by atoms with Crippen LogP contribution < -0.4 is 15.7 Å². The molecule has 0 saturated heterocycles. The van der Waals surface area contributed by atoms with Crippen molar-refractivity contribution in [1.82, 2.24) is 15.0 Å². The number of amides is 1. The highest BCUT2D eigenvalue weighted by atomic mass is 32.2. The number of carbonyl (C=O) groups is 1. The summed E-state index contributed by atoms with van der Waals surface area (Å²) in [5.74, 6) is -0.0951. The van der Waals surface area contributed by atoms with E-state index in [9.17, 15) is 14.7 Å². The van der Waals surface area contributed by atoms with Gasteiger partial charge in [-0.25, -0.2) is 10.4 Å². The number of methoxy groups -OCH3 is 1. The molecule has 5 rings (SSSR count). The van der Waals surface area contributed by atoms with E-state index in [-0.39, 0.29) is 23.0 Å². The Morgan fingerprint density at radius 3 is 2.81 bits per heavy atom. The average Bonchev–Trinajstić information content (AvgIpc) is 3.28. The molecule has 1 aliphatic carbocycles. The van der Waals surface area contributed by atoms with Crippen LogP contribution in [0.25, 0.3) is 15.9 Å². The van der Waals surface area contributed by atoms with Gasteiger partial charge in [-0.05, 0) is 62.4 Å². The molecule has 37 heavy (non-hydrogen) atoms. The second kappa shape index (κ2) is 10.8. The largest absolute Gasteiger partial charge is 0.504 e. The summed E-state index contributed by atoms with van der Waals surface area (Å²) in [5, 5.41) is 15.3. The van der Waals surface area contributed by atoms with Crippen molar-refractivity contribution in [2.75, 3.05) is 12.9 Å². The van der Waals surface area contributed by atoms with Gasteiger partial charge in [0, 0.05) is 10.4 Å². The SMILES string of the molecule is COc1cccc(/C=N/NC(=O)CSc2nc3sc4c(c3c(=O)n2-c2ccc(C)cc2)CCCC4)c1O. The Morgan fingerprint density at radius 2 is 2.03 bits per heavy atom. The molecule has 2 heterocycles. The first-order chi connectivity index (χ1) is 18.0. The van der Waals surface area contributed by atoms with Crippen LogP contribution in [0.2, 0.25) is 0 Å². The third kappa shape index (κ3) is 5.12. The van der Waals surface area contributed by atoms with E-state index in [4.69, 9.17) is 9.72 Å². The molecule has 1 aliphatic rings. The fourth-order valence-corrected chi connectivity index (χ4v) is 6.46. The molecule has 190 valence electrons. The Bertz CT molecular complexity index is 1560. The molecule has 2 aromatic carbocycles. The van der Waals surface area contributed by atoms with Crippen LogP contribution in [0, 0.1) is 6.92 Å². The predicted molar refractivity (Wildman–Crippen MR) is 148 cm³/mol.